The van der Waals surface area contributed by atoms with Crippen molar-refractivity contribution in [2.24, 2.45) is 0 Å². The molecule has 0 bridgehead atoms. The van der Waals surface area contributed by atoms with Crippen LogP contribution in [0, 0.1) is 0 Å². The molecule has 0 aliphatic carbocycles. The molecule has 2 aromatic rings. The smallest absolute Gasteiger partial charge is 0.258 e. The number of nitrogens with zero attached hydrogens (tertiary/aromatic N) is 1. The van der Waals surface area contributed by atoms with Crippen molar-refractivity contribution in [2.45, 2.75) is 32.3 Å². The molecule has 4 nitrogen and oxygen atoms in total. The molecule has 0 radical (unpaired) electrons. The van der Waals surface area contributed by atoms with Crippen LogP contribution in [0.25, 0.3) is 0 Å². The van der Waals surface area contributed by atoms with Gasteiger partial charge >= 0.3 is 0 Å². The molecule has 25 heavy (non-hydrogen) atoms. The highest BCUT2D eigenvalue weighted by atomic mass is 16.6. The number of carbonyl (C=O) groups excluding carboxylic acids is 1. The van der Waals surface area contributed by atoms with Crippen LogP contribution < -0.4 is 9.64 Å². The maximum atomic E-state index is 12.9. The van der Waals surface area contributed by atoms with Gasteiger partial charge in [0.25, 0.3) is 5.91 Å². The quantitative estimate of drug-likeness (QED) is 0.772. The van der Waals surface area contributed by atoms with Gasteiger partial charge < -0.3 is 14.4 Å². The molecule has 1 fully saturated rings. The predicted molar refractivity (Wildman–Crippen MR) is 99.6 cm³/mol. The second kappa shape index (κ2) is 6.89. The highest BCUT2D eigenvalue weighted by Crippen LogP contribution is 2.33. The summed E-state index contributed by atoms with van der Waals surface area (Å²) in [6.07, 6.45) is 0.207. The molecule has 1 atom stereocenters. The Bertz CT molecular complexity index is 745. The number of amides is 1. The van der Waals surface area contributed by atoms with Crippen LogP contribution >= 0.6 is 0 Å². The fourth-order valence-electron chi connectivity index (χ4n) is 2.68. The minimum Gasteiger partial charge on any atom is -0.490 e. The first-order valence-electron chi connectivity index (χ1n) is 8.58. The van der Waals surface area contributed by atoms with Crippen LogP contribution in [0.2, 0.25) is 0 Å². The van der Waals surface area contributed by atoms with Gasteiger partial charge in [-0.2, -0.15) is 0 Å². The van der Waals surface area contributed by atoms with E-state index in [4.69, 9.17) is 9.47 Å². The first-order chi connectivity index (χ1) is 11.9. The lowest BCUT2D eigenvalue weighted by molar-refractivity contribution is 0.0993. The number of hydrogen-bond acceptors (Lipinski definition) is 3. The first kappa shape index (κ1) is 17.5. The molecule has 0 aromatic heterocycles. The zero-order valence-corrected chi connectivity index (χ0v) is 15.3. The van der Waals surface area contributed by atoms with E-state index in [9.17, 15) is 4.79 Å². The van der Waals surface area contributed by atoms with Crippen LogP contribution in [-0.4, -0.2) is 32.3 Å². The van der Waals surface area contributed by atoms with Crippen molar-refractivity contribution in [2.75, 3.05) is 25.2 Å². The molecule has 3 rings (SSSR count). The van der Waals surface area contributed by atoms with Crippen molar-refractivity contribution in [3.8, 4) is 5.75 Å². The summed E-state index contributed by atoms with van der Waals surface area (Å²) < 4.78 is 11.1. The summed E-state index contributed by atoms with van der Waals surface area (Å²) in [6.45, 7) is 7.69. The average Bonchev–Trinajstić information content (AvgIpc) is 3.43. The monoisotopic (exact) mass is 339 g/mol. The third-order valence-corrected chi connectivity index (χ3v) is 4.31. The van der Waals surface area contributed by atoms with Crippen molar-refractivity contribution in [1.82, 2.24) is 0 Å². The van der Waals surface area contributed by atoms with E-state index in [-0.39, 0.29) is 17.4 Å². The van der Waals surface area contributed by atoms with Gasteiger partial charge in [-0.25, -0.2) is 0 Å². The minimum atomic E-state index is -0.124. The number of anilines is 1. The van der Waals surface area contributed by atoms with Gasteiger partial charge in [-0.1, -0.05) is 39.0 Å². The molecule has 1 amide bonds. The molecule has 1 aliphatic rings. The molecule has 0 N–H and O–H groups in total. The van der Waals surface area contributed by atoms with Crippen molar-refractivity contribution >= 4 is 11.6 Å². The largest absolute Gasteiger partial charge is 0.490 e. The third kappa shape index (κ3) is 4.20. The molecule has 4 heteroatoms. The molecule has 1 unspecified atom stereocenters. The van der Waals surface area contributed by atoms with Gasteiger partial charge in [0, 0.05) is 23.9 Å². The van der Waals surface area contributed by atoms with Crippen molar-refractivity contribution < 1.29 is 14.3 Å². The molecule has 0 spiro atoms. The molecule has 2 aromatic carbocycles. The lowest BCUT2D eigenvalue weighted by Crippen LogP contribution is -2.27. The van der Waals surface area contributed by atoms with Gasteiger partial charge in [0.1, 0.15) is 18.5 Å². The van der Waals surface area contributed by atoms with Crippen molar-refractivity contribution in [1.29, 1.82) is 0 Å². The van der Waals surface area contributed by atoms with Crippen LogP contribution in [0.4, 0.5) is 5.69 Å². The summed E-state index contributed by atoms with van der Waals surface area (Å²) in [5.74, 6) is 0.788. The zero-order chi connectivity index (χ0) is 18.0. The highest BCUT2D eigenvalue weighted by Gasteiger charge is 2.26. The lowest BCUT2D eigenvalue weighted by Gasteiger charge is -2.24. The molecule has 1 heterocycles. The summed E-state index contributed by atoms with van der Waals surface area (Å²) >= 11 is 0. The van der Waals surface area contributed by atoms with E-state index in [1.807, 2.05) is 48.5 Å². The summed E-state index contributed by atoms with van der Waals surface area (Å²) in [7, 11) is 1.79. The van der Waals surface area contributed by atoms with E-state index >= 15 is 0 Å². The Labute approximate surface area is 149 Å². The summed E-state index contributed by atoms with van der Waals surface area (Å²) in [6, 6.07) is 15.3. The third-order valence-electron chi connectivity index (χ3n) is 4.31. The normalized spacial score (nSPS) is 16.4. The van der Waals surface area contributed by atoms with E-state index in [1.165, 1.54) is 0 Å². The number of para-hydroxylation sites is 1. The molecular weight excluding hydrogens is 314 g/mol. The van der Waals surface area contributed by atoms with E-state index in [2.05, 4.69) is 20.8 Å². The Morgan fingerprint density at radius 3 is 2.48 bits per heavy atom. The molecule has 1 aliphatic heterocycles. The van der Waals surface area contributed by atoms with Crippen molar-refractivity contribution in [3.63, 3.8) is 0 Å². The van der Waals surface area contributed by atoms with Crippen LogP contribution in [0.15, 0.2) is 48.5 Å². The zero-order valence-electron chi connectivity index (χ0n) is 15.3. The maximum absolute atomic E-state index is 12.9. The summed E-state index contributed by atoms with van der Waals surface area (Å²) in [5, 5.41) is 0. The Morgan fingerprint density at radius 1 is 1.20 bits per heavy atom. The van der Waals surface area contributed by atoms with Crippen LogP contribution in [-0.2, 0) is 10.2 Å². The van der Waals surface area contributed by atoms with E-state index in [1.54, 1.807) is 11.9 Å². The average molecular weight is 339 g/mol. The standard InChI is InChI=1S/C21H25NO3/c1-21(2,3)18-12-15(10-11-19(18)25-14-17-13-24-17)20(23)22(4)16-8-6-5-7-9-16/h5-12,17H,13-14H2,1-4H3. The van der Waals surface area contributed by atoms with Crippen LogP contribution in [0.5, 0.6) is 5.75 Å². The van der Waals surface area contributed by atoms with Gasteiger partial charge in [0.2, 0.25) is 0 Å². The fraction of sp³-hybridized carbons (Fsp3) is 0.381. The highest BCUT2D eigenvalue weighted by molar-refractivity contribution is 6.06. The summed E-state index contributed by atoms with van der Waals surface area (Å²) in [5.41, 5.74) is 2.43. The van der Waals surface area contributed by atoms with Crippen molar-refractivity contribution in [3.05, 3.63) is 59.7 Å². The molecule has 1 saturated heterocycles. The lowest BCUT2D eigenvalue weighted by atomic mass is 9.85. The first-order valence-corrected chi connectivity index (χ1v) is 8.58. The number of epoxide rings is 1. The summed E-state index contributed by atoms with van der Waals surface area (Å²) in [4.78, 5) is 14.5. The predicted octanol–water partition coefficient (Wildman–Crippen LogP) is 4.04. The number of benzene rings is 2. The Balaban J connectivity index is 1.87. The van der Waals surface area contributed by atoms with Gasteiger partial charge in [0.05, 0.1) is 6.61 Å². The maximum Gasteiger partial charge on any atom is 0.258 e. The Kier molecular flexibility index (Phi) is 4.82. The number of carbonyl (C=O) groups is 1. The van der Waals surface area contributed by atoms with Crippen LogP contribution in [0.1, 0.15) is 36.7 Å². The number of hydrogen-bond donors (Lipinski definition) is 0. The molecular formula is C21H25NO3. The Morgan fingerprint density at radius 2 is 1.88 bits per heavy atom. The number of rotatable bonds is 5. The molecule has 132 valence electrons. The fourth-order valence-corrected chi connectivity index (χ4v) is 2.68. The van der Waals surface area contributed by atoms with Crippen LogP contribution in [0.3, 0.4) is 0 Å². The molecule has 0 saturated carbocycles. The Hall–Kier alpha value is -2.33. The topological polar surface area (TPSA) is 42.1 Å². The van der Waals surface area contributed by atoms with Gasteiger partial charge in [-0.05, 0) is 35.7 Å². The van der Waals surface area contributed by atoms with E-state index in [0.717, 1.165) is 23.6 Å². The van der Waals surface area contributed by atoms with Gasteiger partial charge in [-0.15, -0.1) is 0 Å². The second-order valence-electron chi connectivity index (χ2n) is 7.43. The number of ether oxygens (including phenoxy) is 2. The minimum absolute atomic E-state index is 0.0335. The van der Waals surface area contributed by atoms with E-state index < -0.39 is 0 Å². The SMILES string of the molecule is CN(C(=O)c1ccc(OCC2CO2)c(C(C)(C)C)c1)c1ccccc1. The van der Waals surface area contributed by atoms with E-state index in [0.29, 0.717) is 12.2 Å². The second-order valence-corrected chi connectivity index (χ2v) is 7.43. The van der Waals surface area contributed by atoms with Gasteiger partial charge in [-0.3, -0.25) is 4.79 Å². The van der Waals surface area contributed by atoms with Gasteiger partial charge in [0.15, 0.2) is 0 Å².